The molecule has 0 aliphatic rings. The molecule has 1 unspecified atom stereocenters. The van der Waals surface area contributed by atoms with Crippen molar-refractivity contribution in [3.63, 3.8) is 0 Å². The Balaban J connectivity index is 1.92. The molecule has 2 aromatic heterocycles. The van der Waals surface area contributed by atoms with Gasteiger partial charge in [0.2, 0.25) is 0 Å². The van der Waals surface area contributed by atoms with Gasteiger partial charge in [-0.3, -0.25) is 9.48 Å². The summed E-state index contributed by atoms with van der Waals surface area (Å²) in [5.41, 5.74) is 1.67. The van der Waals surface area contributed by atoms with Gasteiger partial charge in [0.15, 0.2) is 0 Å². The molecular weight excluding hydrogens is 230 g/mol. The Bertz CT molecular complexity index is 542. The molecule has 6 nitrogen and oxygen atoms in total. The van der Waals surface area contributed by atoms with Gasteiger partial charge in [0.1, 0.15) is 5.69 Å². The number of aromatic nitrogens is 4. The molecule has 0 radical (unpaired) electrons. The topological polar surface area (TPSA) is 64.7 Å². The maximum atomic E-state index is 11.9. The molecule has 1 amide bonds. The number of nitrogens with zero attached hydrogens (tertiary/aromatic N) is 4. The second-order valence-electron chi connectivity index (χ2n) is 4.45. The molecule has 1 N–H and O–H groups in total. The lowest BCUT2D eigenvalue weighted by Crippen LogP contribution is -2.30. The van der Waals surface area contributed by atoms with E-state index in [-0.39, 0.29) is 11.9 Å². The van der Waals surface area contributed by atoms with Crippen LogP contribution in [0.2, 0.25) is 0 Å². The lowest BCUT2D eigenvalue weighted by Gasteiger charge is -2.13. The maximum Gasteiger partial charge on any atom is 0.269 e. The Morgan fingerprint density at radius 3 is 2.83 bits per heavy atom. The first kappa shape index (κ1) is 12.3. The normalized spacial score (nSPS) is 12.4. The number of hydrogen-bond donors (Lipinski definition) is 1. The van der Waals surface area contributed by atoms with Crippen molar-refractivity contribution in [1.29, 1.82) is 0 Å². The fourth-order valence-electron chi connectivity index (χ4n) is 1.67. The highest BCUT2D eigenvalue weighted by molar-refractivity contribution is 5.92. The summed E-state index contributed by atoms with van der Waals surface area (Å²) in [6.07, 6.45) is 6.92. The molecule has 0 spiro atoms. The number of carbonyl (C=O) groups is 1. The molecule has 0 saturated heterocycles. The minimum Gasteiger partial charge on any atom is -0.349 e. The molecule has 2 rings (SSSR count). The maximum absolute atomic E-state index is 11.9. The van der Waals surface area contributed by atoms with Gasteiger partial charge >= 0.3 is 0 Å². The lowest BCUT2D eigenvalue weighted by atomic mass is 10.3. The molecule has 0 aromatic carbocycles. The van der Waals surface area contributed by atoms with E-state index in [1.54, 1.807) is 30.3 Å². The third kappa shape index (κ3) is 2.58. The summed E-state index contributed by atoms with van der Waals surface area (Å²) in [6, 6.07) is 0.121. The van der Waals surface area contributed by atoms with Crippen molar-refractivity contribution < 1.29 is 4.79 Å². The third-order valence-electron chi connectivity index (χ3n) is 2.79. The average molecular weight is 247 g/mol. The number of hydrogen-bond acceptors (Lipinski definition) is 3. The van der Waals surface area contributed by atoms with Crippen molar-refractivity contribution in [1.82, 2.24) is 24.6 Å². The predicted molar refractivity (Wildman–Crippen MR) is 67.2 cm³/mol. The van der Waals surface area contributed by atoms with E-state index >= 15 is 0 Å². The SMILES string of the molecule is Cc1cnn(C(C)CNC(=O)c2cncn2C)c1. The first-order chi connectivity index (χ1) is 8.58. The second-order valence-corrected chi connectivity index (χ2v) is 4.45. The first-order valence-corrected chi connectivity index (χ1v) is 5.83. The van der Waals surface area contributed by atoms with Gasteiger partial charge in [0, 0.05) is 19.8 Å². The van der Waals surface area contributed by atoms with E-state index in [0.717, 1.165) is 5.56 Å². The monoisotopic (exact) mass is 247 g/mol. The Morgan fingerprint density at radius 1 is 1.50 bits per heavy atom. The van der Waals surface area contributed by atoms with Crippen LogP contribution in [0.15, 0.2) is 24.9 Å². The Hall–Kier alpha value is -2.11. The number of nitrogens with one attached hydrogen (secondary N) is 1. The molecule has 2 heterocycles. The molecular formula is C12H17N5O. The highest BCUT2D eigenvalue weighted by Gasteiger charge is 2.12. The van der Waals surface area contributed by atoms with Gasteiger partial charge in [-0.05, 0) is 19.4 Å². The van der Waals surface area contributed by atoms with Crippen molar-refractivity contribution >= 4 is 5.91 Å². The number of amides is 1. The van der Waals surface area contributed by atoms with Gasteiger partial charge in [-0.2, -0.15) is 5.10 Å². The van der Waals surface area contributed by atoms with Gasteiger partial charge in [-0.1, -0.05) is 0 Å². The molecule has 0 saturated carbocycles. The Kier molecular flexibility index (Phi) is 3.45. The molecule has 18 heavy (non-hydrogen) atoms. The van der Waals surface area contributed by atoms with Crippen LogP contribution in [0.25, 0.3) is 0 Å². The Labute approximate surface area is 106 Å². The van der Waals surface area contributed by atoms with Crippen molar-refractivity contribution in [3.05, 3.63) is 36.2 Å². The number of imidazole rings is 1. The highest BCUT2D eigenvalue weighted by atomic mass is 16.1. The smallest absolute Gasteiger partial charge is 0.269 e. The van der Waals surface area contributed by atoms with Gasteiger partial charge in [0.25, 0.3) is 5.91 Å². The van der Waals surface area contributed by atoms with Gasteiger partial charge in [0.05, 0.1) is 24.8 Å². The molecule has 1 atom stereocenters. The fraction of sp³-hybridized carbons (Fsp3) is 0.417. The van der Waals surface area contributed by atoms with Crippen LogP contribution in [0.1, 0.15) is 29.0 Å². The largest absolute Gasteiger partial charge is 0.349 e. The van der Waals surface area contributed by atoms with Crippen LogP contribution in [0.5, 0.6) is 0 Å². The van der Waals surface area contributed by atoms with E-state index in [4.69, 9.17) is 0 Å². The molecule has 0 fully saturated rings. The van der Waals surface area contributed by atoms with Gasteiger partial charge in [-0.25, -0.2) is 4.98 Å². The summed E-state index contributed by atoms with van der Waals surface area (Å²) in [4.78, 5) is 15.8. The van der Waals surface area contributed by atoms with E-state index in [1.165, 1.54) is 0 Å². The third-order valence-corrected chi connectivity index (χ3v) is 2.79. The van der Waals surface area contributed by atoms with Crippen LogP contribution in [0.4, 0.5) is 0 Å². The van der Waals surface area contributed by atoms with Crippen molar-refractivity contribution in [2.45, 2.75) is 19.9 Å². The quantitative estimate of drug-likeness (QED) is 0.873. The summed E-state index contributed by atoms with van der Waals surface area (Å²) in [5, 5.41) is 7.09. The summed E-state index contributed by atoms with van der Waals surface area (Å²) in [6.45, 7) is 4.53. The minimum atomic E-state index is -0.120. The molecule has 96 valence electrons. The minimum absolute atomic E-state index is 0.120. The number of rotatable bonds is 4. The van der Waals surface area contributed by atoms with Crippen LogP contribution in [-0.4, -0.2) is 31.8 Å². The van der Waals surface area contributed by atoms with Crippen LogP contribution in [0, 0.1) is 6.92 Å². The van der Waals surface area contributed by atoms with Crippen LogP contribution >= 0.6 is 0 Å². The summed E-state index contributed by atoms with van der Waals surface area (Å²) in [5.74, 6) is -0.120. The standard InChI is InChI=1S/C12H17N5O/c1-9-4-15-17(7-9)10(2)5-14-12(18)11-6-13-8-16(11)3/h4,6-8,10H,5H2,1-3H3,(H,14,18). The number of aryl methyl sites for hydroxylation is 2. The second kappa shape index (κ2) is 5.03. The lowest BCUT2D eigenvalue weighted by molar-refractivity contribution is 0.0939. The van der Waals surface area contributed by atoms with E-state index < -0.39 is 0 Å². The average Bonchev–Trinajstić information content (AvgIpc) is 2.94. The van der Waals surface area contributed by atoms with E-state index in [9.17, 15) is 4.79 Å². The first-order valence-electron chi connectivity index (χ1n) is 5.83. The zero-order chi connectivity index (χ0) is 13.1. The molecule has 0 aliphatic heterocycles. The van der Waals surface area contributed by atoms with E-state index in [2.05, 4.69) is 15.4 Å². The highest BCUT2D eigenvalue weighted by Crippen LogP contribution is 2.05. The van der Waals surface area contributed by atoms with Gasteiger partial charge in [-0.15, -0.1) is 0 Å². The molecule has 0 bridgehead atoms. The molecule has 0 aliphatic carbocycles. The van der Waals surface area contributed by atoms with E-state index in [1.807, 2.05) is 24.7 Å². The van der Waals surface area contributed by atoms with Crippen molar-refractivity contribution in [3.8, 4) is 0 Å². The Morgan fingerprint density at radius 2 is 2.28 bits per heavy atom. The summed E-state index contributed by atoms with van der Waals surface area (Å²) >= 11 is 0. The summed E-state index contributed by atoms with van der Waals surface area (Å²) in [7, 11) is 1.79. The van der Waals surface area contributed by atoms with Crippen LogP contribution < -0.4 is 5.32 Å². The zero-order valence-electron chi connectivity index (χ0n) is 10.8. The predicted octanol–water partition coefficient (Wildman–Crippen LogP) is 0.916. The zero-order valence-corrected chi connectivity index (χ0v) is 10.8. The van der Waals surface area contributed by atoms with Crippen molar-refractivity contribution in [2.75, 3.05) is 6.54 Å². The van der Waals surface area contributed by atoms with Gasteiger partial charge < -0.3 is 9.88 Å². The van der Waals surface area contributed by atoms with Crippen LogP contribution in [0.3, 0.4) is 0 Å². The fourth-order valence-corrected chi connectivity index (χ4v) is 1.67. The number of carbonyl (C=O) groups excluding carboxylic acids is 1. The van der Waals surface area contributed by atoms with Crippen LogP contribution in [-0.2, 0) is 7.05 Å². The van der Waals surface area contributed by atoms with E-state index in [0.29, 0.717) is 12.2 Å². The summed E-state index contributed by atoms with van der Waals surface area (Å²) < 4.78 is 3.54. The molecule has 2 aromatic rings. The molecule has 6 heteroatoms. The van der Waals surface area contributed by atoms with Crippen molar-refractivity contribution in [2.24, 2.45) is 7.05 Å².